The van der Waals surface area contributed by atoms with Gasteiger partial charge in [-0.1, -0.05) is 35.5 Å². The molecule has 2 aromatic carbocycles. The number of nitrogens with zero attached hydrogens (tertiary/aromatic N) is 3. The highest BCUT2D eigenvalue weighted by Gasteiger charge is 2.18. The first-order chi connectivity index (χ1) is 16.4. The minimum Gasteiger partial charge on any atom is -0.497 e. The number of H-pyrrole nitrogens is 1. The molecule has 2 N–H and O–H groups in total. The fourth-order valence-corrected chi connectivity index (χ4v) is 4.45. The summed E-state index contributed by atoms with van der Waals surface area (Å²) in [4.78, 5) is 30.4. The zero-order valence-corrected chi connectivity index (χ0v) is 20.2. The molecule has 9 nitrogen and oxygen atoms in total. The van der Waals surface area contributed by atoms with Crippen LogP contribution in [0.4, 0.5) is 0 Å². The van der Waals surface area contributed by atoms with E-state index < -0.39 is 0 Å². The number of methoxy groups -OCH3 is 2. The Morgan fingerprint density at radius 1 is 1.21 bits per heavy atom. The van der Waals surface area contributed by atoms with Crippen molar-refractivity contribution < 1.29 is 14.3 Å². The van der Waals surface area contributed by atoms with Gasteiger partial charge in [-0.2, -0.15) is 5.10 Å². The topological polar surface area (TPSA) is 111 Å². The van der Waals surface area contributed by atoms with Crippen LogP contribution < -0.4 is 20.3 Å². The van der Waals surface area contributed by atoms with Crippen molar-refractivity contribution in [2.75, 3.05) is 20.0 Å². The average Bonchev–Trinajstić information content (AvgIpc) is 3.32. The van der Waals surface area contributed by atoms with Gasteiger partial charge in [0.1, 0.15) is 16.9 Å². The van der Waals surface area contributed by atoms with Gasteiger partial charge in [-0.05, 0) is 42.8 Å². The Kier molecular flexibility index (Phi) is 7.09. The third kappa shape index (κ3) is 4.87. The van der Waals surface area contributed by atoms with Gasteiger partial charge in [0.15, 0.2) is 10.8 Å². The fraction of sp³-hybridized carbons (Fsp3) is 0.217. The summed E-state index contributed by atoms with van der Waals surface area (Å²) in [5.41, 5.74) is 1.46. The van der Waals surface area contributed by atoms with Crippen molar-refractivity contribution in [3.8, 4) is 17.2 Å². The van der Waals surface area contributed by atoms with Crippen LogP contribution >= 0.6 is 23.4 Å². The highest BCUT2D eigenvalue weighted by molar-refractivity contribution is 7.99. The number of fused-ring (bicyclic) bond motifs is 1. The van der Waals surface area contributed by atoms with Crippen LogP contribution in [0.3, 0.4) is 0 Å². The van der Waals surface area contributed by atoms with Crippen LogP contribution in [0, 0.1) is 0 Å². The van der Waals surface area contributed by atoms with Crippen molar-refractivity contribution in [1.82, 2.24) is 25.1 Å². The van der Waals surface area contributed by atoms with Crippen molar-refractivity contribution in [1.29, 1.82) is 0 Å². The van der Waals surface area contributed by atoms with Crippen LogP contribution in [0.5, 0.6) is 11.5 Å². The van der Waals surface area contributed by atoms with Crippen molar-refractivity contribution >= 4 is 40.3 Å². The Hall–Kier alpha value is -3.50. The lowest BCUT2D eigenvalue weighted by molar-refractivity contribution is -0.119. The van der Waals surface area contributed by atoms with E-state index in [0.29, 0.717) is 32.6 Å². The maximum Gasteiger partial charge on any atom is 0.269 e. The number of hydrogen-bond acceptors (Lipinski definition) is 7. The number of aromatic nitrogens is 4. The van der Waals surface area contributed by atoms with Crippen molar-refractivity contribution in [3.63, 3.8) is 0 Å². The minimum absolute atomic E-state index is 0.0520. The molecule has 0 aliphatic rings. The van der Waals surface area contributed by atoms with Gasteiger partial charge in [0.25, 0.3) is 5.56 Å². The second-order valence-corrected chi connectivity index (χ2v) is 8.69. The number of aromatic amines is 1. The van der Waals surface area contributed by atoms with E-state index in [2.05, 4.69) is 20.5 Å². The molecule has 4 rings (SSSR count). The van der Waals surface area contributed by atoms with Crippen LogP contribution in [-0.4, -0.2) is 45.6 Å². The van der Waals surface area contributed by atoms with Gasteiger partial charge in [-0.25, -0.2) is 4.98 Å². The molecule has 0 spiro atoms. The zero-order chi connectivity index (χ0) is 24.2. The summed E-state index contributed by atoms with van der Waals surface area (Å²) >= 11 is 7.42. The van der Waals surface area contributed by atoms with E-state index in [-0.39, 0.29) is 23.3 Å². The van der Waals surface area contributed by atoms with Gasteiger partial charge in [0, 0.05) is 0 Å². The van der Waals surface area contributed by atoms with E-state index in [4.69, 9.17) is 21.1 Å². The SMILES string of the molecule is COc1ccc([C@@H](C)NC(=O)CSc2nc3[nH]ncc3c(=O)n2-c2ccc(OC)c(Cl)c2)cc1. The molecule has 0 saturated carbocycles. The number of carbonyl (C=O) groups excluding carboxylic acids is 1. The predicted octanol–water partition coefficient (Wildman–Crippen LogP) is 3.75. The molecule has 0 aliphatic carbocycles. The number of benzene rings is 2. The smallest absolute Gasteiger partial charge is 0.269 e. The Balaban J connectivity index is 1.57. The van der Waals surface area contributed by atoms with Gasteiger partial charge >= 0.3 is 0 Å². The molecule has 176 valence electrons. The zero-order valence-electron chi connectivity index (χ0n) is 18.7. The molecule has 1 amide bonds. The normalized spacial score (nSPS) is 11.9. The lowest BCUT2D eigenvalue weighted by Crippen LogP contribution is -2.29. The molecular formula is C23H22ClN5O4S. The van der Waals surface area contributed by atoms with Gasteiger partial charge in [-0.15, -0.1) is 0 Å². The lowest BCUT2D eigenvalue weighted by Gasteiger charge is -2.16. The molecule has 2 heterocycles. The third-order valence-electron chi connectivity index (χ3n) is 5.17. The Bertz CT molecular complexity index is 1390. The maximum atomic E-state index is 13.2. The second-order valence-electron chi connectivity index (χ2n) is 7.34. The Morgan fingerprint density at radius 3 is 2.65 bits per heavy atom. The maximum absolute atomic E-state index is 13.2. The van der Waals surface area contributed by atoms with Gasteiger partial charge < -0.3 is 14.8 Å². The number of ether oxygens (including phenoxy) is 2. The fourth-order valence-electron chi connectivity index (χ4n) is 3.38. The summed E-state index contributed by atoms with van der Waals surface area (Å²) in [6.07, 6.45) is 1.42. The molecule has 0 aliphatic heterocycles. The highest BCUT2D eigenvalue weighted by atomic mass is 35.5. The summed E-state index contributed by atoms with van der Waals surface area (Å²) in [7, 11) is 3.12. The first kappa shape index (κ1) is 23.7. The number of carbonyl (C=O) groups is 1. The molecule has 2 aromatic heterocycles. The van der Waals surface area contributed by atoms with Crippen LogP contribution in [0.15, 0.2) is 58.6 Å². The number of halogens is 1. The van der Waals surface area contributed by atoms with Gasteiger partial charge in [0.05, 0.1) is 42.9 Å². The van der Waals surface area contributed by atoms with E-state index in [1.807, 2.05) is 31.2 Å². The van der Waals surface area contributed by atoms with Crippen molar-refractivity contribution in [2.45, 2.75) is 18.1 Å². The Morgan fingerprint density at radius 2 is 1.97 bits per heavy atom. The molecule has 4 aromatic rings. The number of thioether (sulfide) groups is 1. The van der Waals surface area contributed by atoms with E-state index in [0.717, 1.165) is 23.1 Å². The summed E-state index contributed by atoms with van der Waals surface area (Å²) < 4.78 is 11.8. The van der Waals surface area contributed by atoms with Crippen molar-refractivity contribution in [2.24, 2.45) is 0 Å². The first-order valence-electron chi connectivity index (χ1n) is 10.3. The monoisotopic (exact) mass is 499 g/mol. The van der Waals surface area contributed by atoms with Gasteiger partial charge in [-0.3, -0.25) is 19.3 Å². The van der Waals surface area contributed by atoms with E-state index in [1.165, 1.54) is 17.9 Å². The average molecular weight is 500 g/mol. The van der Waals surface area contributed by atoms with Crippen LogP contribution in [0.1, 0.15) is 18.5 Å². The summed E-state index contributed by atoms with van der Waals surface area (Å²) in [6.45, 7) is 1.90. The lowest BCUT2D eigenvalue weighted by atomic mass is 10.1. The van der Waals surface area contributed by atoms with E-state index in [9.17, 15) is 9.59 Å². The van der Waals surface area contributed by atoms with E-state index in [1.54, 1.807) is 25.3 Å². The third-order valence-corrected chi connectivity index (χ3v) is 6.40. The molecule has 0 bridgehead atoms. The number of amides is 1. The number of hydrogen-bond donors (Lipinski definition) is 2. The quantitative estimate of drug-likeness (QED) is 0.280. The predicted molar refractivity (Wildman–Crippen MR) is 131 cm³/mol. The largest absolute Gasteiger partial charge is 0.497 e. The van der Waals surface area contributed by atoms with Crippen LogP contribution in [-0.2, 0) is 4.79 Å². The molecule has 11 heteroatoms. The van der Waals surface area contributed by atoms with Crippen LogP contribution in [0.2, 0.25) is 5.02 Å². The summed E-state index contributed by atoms with van der Waals surface area (Å²) in [5, 5.41) is 10.6. The molecule has 0 saturated heterocycles. The number of rotatable bonds is 8. The van der Waals surface area contributed by atoms with Gasteiger partial charge in [0.2, 0.25) is 5.91 Å². The van der Waals surface area contributed by atoms with Crippen LogP contribution in [0.25, 0.3) is 16.7 Å². The molecule has 0 unspecified atom stereocenters. The second kappa shape index (κ2) is 10.2. The first-order valence-corrected chi connectivity index (χ1v) is 11.6. The minimum atomic E-state index is -0.325. The Labute approximate surface area is 204 Å². The number of nitrogens with one attached hydrogen (secondary N) is 2. The van der Waals surface area contributed by atoms with Crippen molar-refractivity contribution in [3.05, 3.63) is 69.6 Å². The van der Waals surface area contributed by atoms with E-state index >= 15 is 0 Å². The summed E-state index contributed by atoms with van der Waals surface area (Å²) in [6, 6.07) is 12.3. The molecule has 0 radical (unpaired) electrons. The molecular weight excluding hydrogens is 478 g/mol. The molecule has 1 atom stereocenters. The highest BCUT2D eigenvalue weighted by Crippen LogP contribution is 2.28. The molecule has 34 heavy (non-hydrogen) atoms. The molecule has 0 fully saturated rings. The summed E-state index contributed by atoms with van der Waals surface area (Å²) in [5.74, 6) is 1.08. The standard InChI is InChI=1S/C23H22ClN5O4S/c1-13(14-4-7-16(32-2)8-5-14)26-20(30)12-34-23-27-21-17(11-25-28-21)22(31)29(23)15-6-9-19(33-3)18(24)10-15/h4-11,13H,12H2,1-3H3,(H,25,28)(H,26,30)/t13-/m1/s1.